The average molecular weight is 351 g/mol. The first-order valence-electron chi connectivity index (χ1n) is 7.41. The highest BCUT2D eigenvalue weighted by Crippen LogP contribution is 2.40. The number of benzene rings is 1. The van der Waals surface area contributed by atoms with E-state index in [0.717, 1.165) is 19.2 Å². The van der Waals surface area contributed by atoms with Crippen LogP contribution in [0.1, 0.15) is 34.8 Å². The zero-order chi connectivity index (χ0) is 18.3. The molecule has 1 saturated heterocycles. The molecule has 1 aromatic rings. The Labute approximate surface area is 136 Å². The van der Waals surface area contributed by atoms with Crippen LogP contribution in [0.4, 0.5) is 27.6 Å². The number of ether oxygens (including phenoxy) is 1. The standard InChI is InChI=1S/C16H18F5NO2/c1-9-8-22(7-6-15(9,17)18)12-5-4-11(16(19,20)21)10(2)13(12)14(23)24-3/h4-5,9H,6-8H2,1-3H3. The highest BCUT2D eigenvalue weighted by atomic mass is 19.4. The SMILES string of the molecule is COC(=O)c1c(N2CCC(F)(F)C(C)C2)ccc(C(F)(F)F)c1C. The second-order valence-electron chi connectivity index (χ2n) is 5.98. The summed E-state index contributed by atoms with van der Waals surface area (Å²) in [6.45, 7) is 2.45. The molecular weight excluding hydrogens is 333 g/mol. The normalized spacial score (nSPS) is 20.8. The summed E-state index contributed by atoms with van der Waals surface area (Å²) in [4.78, 5) is 13.5. The quantitative estimate of drug-likeness (QED) is 0.588. The number of halogens is 5. The molecular formula is C16H18F5NO2. The zero-order valence-electron chi connectivity index (χ0n) is 13.5. The summed E-state index contributed by atoms with van der Waals surface area (Å²) in [6.07, 6.45) is -5.04. The van der Waals surface area contributed by atoms with Crippen molar-refractivity contribution in [2.45, 2.75) is 32.4 Å². The first-order valence-corrected chi connectivity index (χ1v) is 7.41. The van der Waals surface area contributed by atoms with E-state index in [2.05, 4.69) is 4.74 Å². The van der Waals surface area contributed by atoms with E-state index in [4.69, 9.17) is 0 Å². The molecule has 0 amide bonds. The molecule has 2 rings (SSSR count). The molecule has 1 heterocycles. The molecule has 134 valence electrons. The van der Waals surface area contributed by atoms with Gasteiger partial charge in [0.25, 0.3) is 5.92 Å². The Morgan fingerprint density at radius 2 is 1.96 bits per heavy atom. The zero-order valence-corrected chi connectivity index (χ0v) is 13.5. The van der Waals surface area contributed by atoms with E-state index in [9.17, 15) is 26.7 Å². The number of rotatable bonds is 2. The second kappa shape index (κ2) is 6.22. The van der Waals surface area contributed by atoms with Gasteiger partial charge >= 0.3 is 12.1 Å². The average Bonchev–Trinajstić information content (AvgIpc) is 2.47. The van der Waals surface area contributed by atoms with Crippen molar-refractivity contribution in [3.8, 4) is 0 Å². The van der Waals surface area contributed by atoms with E-state index < -0.39 is 36.0 Å². The van der Waals surface area contributed by atoms with Gasteiger partial charge in [-0.2, -0.15) is 13.2 Å². The molecule has 0 bridgehead atoms. The Hall–Kier alpha value is -1.86. The van der Waals surface area contributed by atoms with Gasteiger partial charge in [0, 0.05) is 25.4 Å². The van der Waals surface area contributed by atoms with Crippen molar-refractivity contribution in [2.75, 3.05) is 25.1 Å². The van der Waals surface area contributed by atoms with E-state index >= 15 is 0 Å². The monoisotopic (exact) mass is 351 g/mol. The van der Waals surface area contributed by atoms with Crippen LogP contribution in [0.15, 0.2) is 12.1 Å². The third kappa shape index (κ3) is 3.32. The van der Waals surface area contributed by atoms with Crippen molar-refractivity contribution < 1.29 is 31.5 Å². The van der Waals surface area contributed by atoms with Gasteiger partial charge in [0.15, 0.2) is 0 Å². The molecule has 24 heavy (non-hydrogen) atoms. The maximum Gasteiger partial charge on any atom is 0.416 e. The van der Waals surface area contributed by atoms with Crippen LogP contribution in [-0.2, 0) is 10.9 Å². The van der Waals surface area contributed by atoms with E-state index in [1.54, 1.807) is 0 Å². The van der Waals surface area contributed by atoms with Crippen LogP contribution >= 0.6 is 0 Å². The highest BCUT2D eigenvalue weighted by molar-refractivity contribution is 5.98. The fourth-order valence-corrected chi connectivity index (χ4v) is 2.93. The number of esters is 1. The lowest BCUT2D eigenvalue weighted by Crippen LogP contribution is -2.46. The minimum Gasteiger partial charge on any atom is -0.465 e. The summed E-state index contributed by atoms with van der Waals surface area (Å²) in [6, 6.07) is 2.02. The van der Waals surface area contributed by atoms with Gasteiger partial charge in [-0.3, -0.25) is 0 Å². The van der Waals surface area contributed by atoms with Crippen LogP contribution in [0, 0.1) is 12.8 Å². The van der Waals surface area contributed by atoms with E-state index in [0.29, 0.717) is 0 Å². The van der Waals surface area contributed by atoms with Crippen LogP contribution in [-0.4, -0.2) is 32.1 Å². The highest BCUT2D eigenvalue weighted by Gasteiger charge is 2.42. The molecule has 1 fully saturated rings. The molecule has 1 unspecified atom stereocenters. The number of hydrogen-bond acceptors (Lipinski definition) is 3. The first kappa shape index (κ1) is 18.5. The topological polar surface area (TPSA) is 29.5 Å². The molecule has 8 heteroatoms. The number of piperidine rings is 1. The molecule has 0 spiro atoms. The fraction of sp³-hybridized carbons (Fsp3) is 0.562. The number of hydrogen-bond donors (Lipinski definition) is 0. The molecule has 0 saturated carbocycles. The van der Waals surface area contributed by atoms with E-state index in [1.165, 1.54) is 18.7 Å². The summed E-state index contributed by atoms with van der Waals surface area (Å²) in [7, 11) is 1.07. The molecule has 1 atom stereocenters. The Kier molecular flexibility index (Phi) is 4.79. The number of anilines is 1. The van der Waals surface area contributed by atoms with Crippen LogP contribution < -0.4 is 4.90 Å². The van der Waals surface area contributed by atoms with Crippen molar-refractivity contribution >= 4 is 11.7 Å². The number of alkyl halides is 5. The molecule has 1 aliphatic heterocycles. The van der Waals surface area contributed by atoms with Gasteiger partial charge in [0.1, 0.15) is 0 Å². The summed E-state index contributed by atoms with van der Waals surface area (Å²) in [5.74, 6) is -4.72. The van der Waals surface area contributed by atoms with Crippen molar-refractivity contribution in [1.82, 2.24) is 0 Å². The van der Waals surface area contributed by atoms with Crippen molar-refractivity contribution in [1.29, 1.82) is 0 Å². The Morgan fingerprint density at radius 3 is 2.46 bits per heavy atom. The molecule has 1 aromatic carbocycles. The van der Waals surface area contributed by atoms with Crippen LogP contribution in [0.3, 0.4) is 0 Å². The molecule has 0 N–H and O–H groups in total. The molecule has 0 aliphatic carbocycles. The second-order valence-corrected chi connectivity index (χ2v) is 5.98. The summed E-state index contributed by atoms with van der Waals surface area (Å²) >= 11 is 0. The predicted molar refractivity (Wildman–Crippen MR) is 78.5 cm³/mol. The van der Waals surface area contributed by atoms with Crippen molar-refractivity contribution in [3.63, 3.8) is 0 Å². The lowest BCUT2D eigenvalue weighted by molar-refractivity contribution is -0.138. The number of methoxy groups -OCH3 is 1. The maximum atomic E-state index is 13.6. The van der Waals surface area contributed by atoms with Crippen molar-refractivity contribution in [3.05, 3.63) is 28.8 Å². The minimum absolute atomic E-state index is 0.0495. The maximum absolute atomic E-state index is 13.6. The van der Waals surface area contributed by atoms with Gasteiger partial charge in [-0.15, -0.1) is 0 Å². The van der Waals surface area contributed by atoms with Gasteiger partial charge in [-0.25, -0.2) is 13.6 Å². The molecule has 1 aliphatic rings. The van der Waals surface area contributed by atoms with Gasteiger partial charge < -0.3 is 9.64 Å². The fourth-order valence-electron chi connectivity index (χ4n) is 2.93. The number of carbonyl (C=O) groups excluding carboxylic acids is 1. The number of nitrogens with zero attached hydrogens (tertiary/aromatic N) is 1. The number of carbonyl (C=O) groups is 1. The summed E-state index contributed by atoms with van der Waals surface area (Å²) in [5, 5.41) is 0. The minimum atomic E-state index is -4.62. The largest absolute Gasteiger partial charge is 0.465 e. The third-order valence-corrected chi connectivity index (χ3v) is 4.41. The summed E-state index contributed by atoms with van der Waals surface area (Å²) < 4.78 is 71.1. The lowest BCUT2D eigenvalue weighted by Gasteiger charge is -2.39. The van der Waals surface area contributed by atoms with Crippen LogP contribution in [0.25, 0.3) is 0 Å². The van der Waals surface area contributed by atoms with Gasteiger partial charge in [0.05, 0.1) is 23.9 Å². The van der Waals surface area contributed by atoms with E-state index in [-0.39, 0.29) is 29.9 Å². The van der Waals surface area contributed by atoms with Gasteiger partial charge in [0.2, 0.25) is 0 Å². The van der Waals surface area contributed by atoms with Gasteiger partial charge in [-0.05, 0) is 24.6 Å². The molecule has 0 radical (unpaired) electrons. The van der Waals surface area contributed by atoms with Crippen LogP contribution in [0.2, 0.25) is 0 Å². The third-order valence-electron chi connectivity index (χ3n) is 4.41. The first-order chi connectivity index (χ1) is 11.0. The predicted octanol–water partition coefficient (Wildman–Crippen LogP) is 4.28. The summed E-state index contributed by atoms with van der Waals surface area (Å²) in [5.41, 5.74) is -1.25. The lowest BCUT2D eigenvalue weighted by atomic mass is 9.93. The Morgan fingerprint density at radius 1 is 1.33 bits per heavy atom. The van der Waals surface area contributed by atoms with E-state index in [1.807, 2.05) is 0 Å². The molecule has 3 nitrogen and oxygen atoms in total. The Bertz CT molecular complexity index is 642. The molecule has 0 aromatic heterocycles. The van der Waals surface area contributed by atoms with Crippen molar-refractivity contribution in [2.24, 2.45) is 5.92 Å². The Balaban J connectivity index is 2.51. The van der Waals surface area contributed by atoms with Gasteiger partial charge in [-0.1, -0.05) is 6.92 Å². The smallest absolute Gasteiger partial charge is 0.416 e. The van der Waals surface area contributed by atoms with Crippen LogP contribution in [0.5, 0.6) is 0 Å².